The number of anilines is 1. The maximum Gasteiger partial charge on any atom is 0.270 e. The van der Waals surface area contributed by atoms with Crippen LogP contribution in [0.1, 0.15) is 35.1 Å². The molecule has 7 nitrogen and oxygen atoms in total. The lowest BCUT2D eigenvalue weighted by molar-refractivity contribution is 0.0945. The van der Waals surface area contributed by atoms with E-state index in [1.54, 1.807) is 20.3 Å². The van der Waals surface area contributed by atoms with Gasteiger partial charge >= 0.3 is 0 Å². The molecule has 2 N–H and O–H groups in total. The number of ether oxygens (including phenoxy) is 2. The summed E-state index contributed by atoms with van der Waals surface area (Å²) >= 11 is 0. The number of aryl methyl sites for hydroxylation is 1. The van der Waals surface area contributed by atoms with Crippen molar-refractivity contribution in [1.82, 2.24) is 15.3 Å². The molecule has 0 aliphatic heterocycles. The van der Waals surface area contributed by atoms with Crippen LogP contribution >= 0.6 is 0 Å². The van der Waals surface area contributed by atoms with Crippen LogP contribution in [-0.4, -0.2) is 36.6 Å². The van der Waals surface area contributed by atoms with Gasteiger partial charge in [-0.05, 0) is 37.1 Å². The van der Waals surface area contributed by atoms with E-state index >= 15 is 0 Å². The molecule has 0 aliphatic rings. The molecule has 0 saturated carbocycles. The van der Waals surface area contributed by atoms with Crippen molar-refractivity contribution in [2.45, 2.75) is 26.8 Å². The zero-order chi connectivity index (χ0) is 18.2. The highest BCUT2D eigenvalue weighted by atomic mass is 16.5. The number of aromatic nitrogens is 2. The van der Waals surface area contributed by atoms with Crippen LogP contribution in [0.15, 0.2) is 24.3 Å². The van der Waals surface area contributed by atoms with Crippen molar-refractivity contribution >= 4 is 11.9 Å². The Labute approximate surface area is 147 Å². The Morgan fingerprint density at radius 3 is 2.56 bits per heavy atom. The molecule has 0 unspecified atom stereocenters. The first-order valence-electron chi connectivity index (χ1n) is 8.16. The normalized spacial score (nSPS) is 10.2. The number of hydrogen-bond donors (Lipinski definition) is 2. The SMILES string of the molecule is CCCNc1nc(C)cc(C(=O)NCc2ccc(OC)c(OC)c2)n1. The molecule has 2 aromatic rings. The Morgan fingerprint density at radius 2 is 1.88 bits per heavy atom. The average Bonchev–Trinajstić information content (AvgIpc) is 2.63. The zero-order valence-electron chi connectivity index (χ0n) is 15.0. The van der Waals surface area contributed by atoms with E-state index in [4.69, 9.17) is 9.47 Å². The summed E-state index contributed by atoms with van der Waals surface area (Å²) in [5.74, 6) is 1.49. The van der Waals surface area contributed by atoms with E-state index < -0.39 is 0 Å². The summed E-state index contributed by atoms with van der Waals surface area (Å²) in [4.78, 5) is 20.9. The molecule has 134 valence electrons. The number of nitrogens with zero attached hydrogens (tertiary/aromatic N) is 2. The van der Waals surface area contributed by atoms with E-state index in [1.807, 2.05) is 25.1 Å². The third kappa shape index (κ3) is 5.07. The maximum atomic E-state index is 12.4. The van der Waals surface area contributed by atoms with Gasteiger partial charge in [0.2, 0.25) is 5.95 Å². The second-order valence-corrected chi connectivity index (χ2v) is 5.52. The van der Waals surface area contributed by atoms with Crippen LogP contribution in [0, 0.1) is 6.92 Å². The van der Waals surface area contributed by atoms with Gasteiger partial charge in [0.05, 0.1) is 14.2 Å². The predicted octanol–water partition coefficient (Wildman–Crippen LogP) is 2.55. The Kier molecular flexibility index (Phi) is 6.56. The summed E-state index contributed by atoms with van der Waals surface area (Å²) in [5, 5.41) is 5.96. The molecular formula is C18H24N4O3. The van der Waals surface area contributed by atoms with Gasteiger partial charge in [-0.3, -0.25) is 4.79 Å². The van der Waals surface area contributed by atoms with E-state index in [0.717, 1.165) is 24.2 Å². The summed E-state index contributed by atoms with van der Waals surface area (Å²) in [6, 6.07) is 7.18. The summed E-state index contributed by atoms with van der Waals surface area (Å²) in [6.07, 6.45) is 0.956. The first-order chi connectivity index (χ1) is 12.1. The Balaban J connectivity index is 2.06. The highest BCUT2D eigenvalue weighted by molar-refractivity contribution is 5.92. The van der Waals surface area contributed by atoms with Gasteiger partial charge in [0.15, 0.2) is 11.5 Å². The number of methoxy groups -OCH3 is 2. The number of hydrogen-bond acceptors (Lipinski definition) is 6. The number of benzene rings is 1. The average molecular weight is 344 g/mol. The molecule has 1 aromatic carbocycles. The van der Waals surface area contributed by atoms with Crippen molar-refractivity contribution in [2.24, 2.45) is 0 Å². The van der Waals surface area contributed by atoms with Gasteiger partial charge in [0.25, 0.3) is 5.91 Å². The third-order valence-electron chi connectivity index (χ3n) is 3.52. The van der Waals surface area contributed by atoms with Crippen molar-refractivity contribution in [2.75, 3.05) is 26.1 Å². The van der Waals surface area contributed by atoms with Crippen molar-refractivity contribution in [3.63, 3.8) is 0 Å². The van der Waals surface area contributed by atoms with E-state index in [1.165, 1.54) is 0 Å². The molecule has 0 spiro atoms. The number of carbonyl (C=O) groups is 1. The number of nitrogens with one attached hydrogen (secondary N) is 2. The second kappa shape index (κ2) is 8.86. The molecule has 1 aromatic heterocycles. The van der Waals surface area contributed by atoms with Crippen LogP contribution < -0.4 is 20.1 Å². The van der Waals surface area contributed by atoms with Gasteiger partial charge < -0.3 is 20.1 Å². The van der Waals surface area contributed by atoms with Crippen LogP contribution in [0.3, 0.4) is 0 Å². The summed E-state index contributed by atoms with van der Waals surface area (Å²) < 4.78 is 10.5. The minimum absolute atomic E-state index is 0.250. The Morgan fingerprint density at radius 1 is 1.12 bits per heavy atom. The number of carbonyl (C=O) groups excluding carboxylic acids is 1. The molecule has 1 amide bonds. The summed E-state index contributed by atoms with van der Waals surface area (Å²) in [6.45, 7) is 5.01. The second-order valence-electron chi connectivity index (χ2n) is 5.52. The predicted molar refractivity (Wildman–Crippen MR) is 96.3 cm³/mol. The van der Waals surface area contributed by atoms with Gasteiger partial charge in [0.1, 0.15) is 5.69 Å². The Bertz CT molecular complexity index is 734. The zero-order valence-corrected chi connectivity index (χ0v) is 15.0. The number of amides is 1. The standard InChI is InChI=1S/C18H24N4O3/c1-5-8-19-18-21-12(2)9-14(22-18)17(23)20-11-13-6-7-15(24-3)16(10-13)25-4/h6-7,9-10H,5,8,11H2,1-4H3,(H,20,23)(H,19,21,22). The van der Waals surface area contributed by atoms with Crippen molar-refractivity contribution < 1.29 is 14.3 Å². The lowest BCUT2D eigenvalue weighted by atomic mass is 10.2. The monoisotopic (exact) mass is 344 g/mol. The molecule has 2 rings (SSSR count). The molecule has 0 saturated heterocycles. The molecule has 0 atom stereocenters. The van der Waals surface area contributed by atoms with Gasteiger partial charge in [-0.25, -0.2) is 9.97 Å². The largest absolute Gasteiger partial charge is 0.493 e. The first-order valence-corrected chi connectivity index (χ1v) is 8.16. The van der Waals surface area contributed by atoms with Crippen LogP contribution in [0.5, 0.6) is 11.5 Å². The third-order valence-corrected chi connectivity index (χ3v) is 3.52. The van der Waals surface area contributed by atoms with Crippen molar-refractivity contribution in [1.29, 1.82) is 0 Å². The quantitative estimate of drug-likeness (QED) is 0.765. The van der Waals surface area contributed by atoms with E-state index in [-0.39, 0.29) is 5.91 Å². The van der Waals surface area contributed by atoms with Crippen LogP contribution in [0.4, 0.5) is 5.95 Å². The van der Waals surface area contributed by atoms with Crippen LogP contribution in [0.25, 0.3) is 0 Å². The minimum Gasteiger partial charge on any atom is -0.493 e. The van der Waals surface area contributed by atoms with Gasteiger partial charge in [-0.1, -0.05) is 13.0 Å². The minimum atomic E-state index is -0.250. The van der Waals surface area contributed by atoms with Crippen LogP contribution in [-0.2, 0) is 6.54 Å². The Hall–Kier alpha value is -2.83. The molecule has 0 radical (unpaired) electrons. The van der Waals surface area contributed by atoms with Crippen molar-refractivity contribution in [3.05, 3.63) is 41.2 Å². The van der Waals surface area contributed by atoms with Gasteiger partial charge in [0, 0.05) is 18.8 Å². The van der Waals surface area contributed by atoms with E-state index in [2.05, 4.69) is 27.5 Å². The highest BCUT2D eigenvalue weighted by Gasteiger charge is 2.11. The van der Waals surface area contributed by atoms with E-state index in [9.17, 15) is 4.79 Å². The molecule has 1 heterocycles. The topological polar surface area (TPSA) is 85.4 Å². The lowest BCUT2D eigenvalue weighted by Gasteiger charge is -2.11. The molecular weight excluding hydrogens is 320 g/mol. The van der Waals surface area contributed by atoms with Gasteiger partial charge in [-0.15, -0.1) is 0 Å². The molecule has 25 heavy (non-hydrogen) atoms. The fourth-order valence-corrected chi connectivity index (χ4v) is 2.26. The van der Waals surface area contributed by atoms with E-state index in [0.29, 0.717) is 29.7 Å². The fourth-order valence-electron chi connectivity index (χ4n) is 2.26. The smallest absolute Gasteiger partial charge is 0.270 e. The molecule has 0 aliphatic carbocycles. The van der Waals surface area contributed by atoms with Crippen LogP contribution in [0.2, 0.25) is 0 Å². The summed E-state index contributed by atoms with van der Waals surface area (Å²) in [7, 11) is 3.16. The maximum absolute atomic E-state index is 12.4. The molecule has 7 heteroatoms. The fraction of sp³-hybridized carbons (Fsp3) is 0.389. The van der Waals surface area contributed by atoms with Gasteiger partial charge in [-0.2, -0.15) is 0 Å². The molecule has 0 fully saturated rings. The molecule has 0 bridgehead atoms. The first kappa shape index (κ1) is 18.5. The summed E-state index contributed by atoms with van der Waals surface area (Å²) in [5.41, 5.74) is 1.98. The highest BCUT2D eigenvalue weighted by Crippen LogP contribution is 2.27. The lowest BCUT2D eigenvalue weighted by Crippen LogP contribution is -2.24. The number of rotatable bonds is 8. The van der Waals surface area contributed by atoms with Crippen molar-refractivity contribution in [3.8, 4) is 11.5 Å².